The first-order valence-electron chi connectivity index (χ1n) is 8.76. The minimum atomic E-state index is -0.606. The van der Waals surface area contributed by atoms with Gasteiger partial charge in [-0.15, -0.1) is 0 Å². The Kier molecular flexibility index (Phi) is 5.31. The number of ether oxygens (including phenoxy) is 1. The molecule has 7 heteroatoms. The van der Waals surface area contributed by atoms with Gasteiger partial charge in [0.1, 0.15) is 6.29 Å². The number of nitro groups is 1. The third-order valence-corrected chi connectivity index (χ3v) is 5.23. The molecule has 0 aromatic heterocycles. The number of fused-ring (bicyclic) bond motifs is 1. The summed E-state index contributed by atoms with van der Waals surface area (Å²) in [5.74, 6) is 0.471. The molecule has 1 aromatic carbocycles. The van der Waals surface area contributed by atoms with Crippen molar-refractivity contribution in [2.75, 3.05) is 13.2 Å². The Morgan fingerprint density at radius 1 is 1.28 bits per heavy atom. The summed E-state index contributed by atoms with van der Waals surface area (Å²) in [7, 11) is 0. The van der Waals surface area contributed by atoms with E-state index >= 15 is 0 Å². The van der Waals surface area contributed by atoms with Gasteiger partial charge in [-0.2, -0.15) is 0 Å². The molecule has 0 radical (unpaired) electrons. The van der Waals surface area contributed by atoms with Gasteiger partial charge in [0.25, 0.3) is 5.91 Å². The maximum atomic E-state index is 12.6. The lowest BCUT2D eigenvalue weighted by Crippen LogP contribution is -2.51. The first kappa shape index (κ1) is 17.4. The molecule has 1 aliphatic heterocycles. The second-order valence-corrected chi connectivity index (χ2v) is 6.73. The van der Waals surface area contributed by atoms with Gasteiger partial charge in [0, 0.05) is 24.2 Å². The summed E-state index contributed by atoms with van der Waals surface area (Å²) in [6.07, 6.45) is 7.30. The Hall–Kier alpha value is -2.44. The first-order chi connectivity index (χ1) is 12.1. The van der Waals surface area contributed by atoms with E-state index in [2.05, 4.69) is 0 Å². The van der Waals surface area contributed by atoms with Crippen molar-refractivity contribution in [3.8, 4) is 5.75 Å². The number of nitrogens with zero attached hydrogens (tertiary/aromatic N) is 2. The molecule has 2 fully saturated rings. The predicted octanol–water partition coefficient (Wildman–Crippen LogP) is 2.97. The topological polar surface area (TPSA) is 89.8 Å². The number of nitro benzene ring substituents is 1. The molecular formula is C18H22N2O5. The molecular weight excluding hydrogens is 324 g/mol. The zero-order valence-corrected chi connectivity index (χ0v) is 14.1. The number of hydrogen-bond donors (Lipinski definition) is 0. The van der Waals surface area contributed by atoms with Gasteiger partial charge in [-0.25, -0.2) is 0 Å². The van der Waals surface area contributed by atoms with Crippen LogP contribution in [0.4, 0.5) is 5.69 Å². The van der Waals surface area contributed by atoms with Crippen molar-refractivity contribution in [1.29, 1.82) is 0 Å². The van der Waals surface area contributed by atoms with E-state index in [4.69, 9.17) is 4.74 Å². The fraction of sp³-hybridized carbons (Fsp3) is 0.556. The maximum Gasteiger partial charge on any atom is 0.311 e. The molecule has 0 spiro atoms. The number of piperidine rings is 1. The molecule has 1 saturated heterocycles. The highest BCUT2D eigenvalue weighted by atomic mass is 16.6. The van der Waals surface area contributed by atoms with E-state index in [-0.39, 0.29) is 35.6 Å². The zero-order chi connectivity index (χ0) is 17.8. The van der Waals surface area contributed by atoms with Crippen LogP contribution in [0, 0.1) is 16.0 Å². The minimum absolute atomic E-state index is 0.0150. The molecule has 2 aliphatic rings. The summed E-state index contributed by atoms with van der Waals surface area (Å²) in [4.78, 5) is 35.8. The highest BCUT2D eigenvalue weighted by Gasteiger charge is 2.35. The molecule has 7 nitrogen and oxygen atoms in total. The van der Waals surface area contributed by atoms with E-state index in [9.17, 15) is 19.7 Å². The molecule has 1 heterocycles. The highest BCUT2D eigenvalue weighted by Crippen LogP contribution is 2.35. The van der Waals surface area contributed by atoms with Crippen LogP contribution >= 0.6 is 0 Å². The second-order valence-electron chi connectivity index (χ2n) is 6.73. The molecule has 0 unspecified atom stereocenters. The SMILES string of the molecule is O=Cc1ccc(OCC(=O)N2CCC[C@@H]3CCCC[C@H]32)c([N+](=O)[O-])c1. The van der Waals surface area contributed by atoms with Crippen molar-refractivity contribution < 1.29 is 19.2 Å². The maximum absolute atomic E-state index is 12.6. The molecule has 0 N–H and O–H groups in total. The van der Waals surface area contributed by atoms with Crippen molar-refractivity contribution in [3.05, 3.63) is 33.9 Å². The van der Waals surface area contributed by atoms with Crippen LogP contribution in [0.5, 0.6) is 5.75 Å². The summed E-state index contributed by atoms with van der Waals surface area (Å²) in [6.45, 7) is 0.514. The lowest BCUT2D eigenvalue weighted by atomic mass is 9.78. The van der Waals surface area contributed by atoms with E-state index in [0.29, 0.717) is 12.2 Å². The van der Waals surface area contributed by atoms with Gasteiger partial charge in [0.05, 0.1) is 4.92 Å². The number of amides is 1. The summed E-state index contributed by atoms with van der Waals surface area (Å²) in [6, 6.07) is 4.25. The Balaban J connectivity index is 1.67. The van der Waals surface area contributed by atoms with Crippen LogP contribution < -0.4 is 4.74 Å². The van der Waals surface area contributed by atoms with Gasteiger partial charge in [-0.3, -0.25) is 19.7 Å². The van der Waals surface area contributed by atoms with Gasteiger partial charge < -0.3 is 9.64 Å². The average molecular weight is 346 g/mol. The van der Waals surface area contributed by atoms with Crippen LogP contribution in [0.2, 0.25) is 0 Å². The van der Waals surface area contributed by atoms with E-state index in [1.54, 1.807) is 0 Å². The number of carbonyl (C=O) groups is 2. The molecule has 1 aliphatic carbocycles. The predicted molar refractivity (Wildman–Crippen MR) is 90.7 cm³/mol. The van der Waals surface area contributed by atoms with E-state index in [1.807, 2.05) is 4.90 Å². The smallest absolute Gasteiger partial charge is 0.311 e. The standard InChI is InChI=1S/C18H22N2O5/c21-11-13-7-8-17(16(10-13)20(23)24)25-12-18(22)19-9-3-5-14-4-1-2-6-15(14)19/h7-8,10-11,14-15H,1-6,9,12H2/t14-,15+/m0/s1. The van der Waals surface area contributed by atoms with Crippen LogP contribution in [0.3, 0.4) is 0 Å². The van der Waals surface area contributed by atoms with E-state index in [1.165, 1.54) is 31.4 Å². The summed E-state index contributed by atoms with van der Waals surface area (Å²) < 4.78 is 5.44. The molecule has 25 heavy (non-hydrogen) atoms. The molecule has 0 bridgehead atoms. The molecule has 134 valence electrons. The number of rotatable bonds is 5. The van der Waals surface area contributed by atoms with Crippen LogP contribution in [0.15, 0.2) is 18.2 Å². The summed E-state index contributed by atoms with van der Waals surface area (Å²) in [5.41, 5.74) is -0.0990. The van der Waals surface area contributed by atoms with Gasteiger partial charge in [-0.05, 0) is 43.7 Å². The van der Waals surface area contributed by atoms with E-state index in [0.717, 1.165) is 31.9 Å². The van der Waals surface area contributed by atoms with Crippen LogP contribution in [-0.2, 0) is 4.79 Å². The second kappa shape index (κ2) is 7.63. The van der Waals surface area contributed by atoms with Crippen LogP contribution in [-0.4, -0.2) is 41.2 Å². The fourth-order valence-electron chi connectivity index (χ4n) is 4.03. The molecule has 1 aromatic rings. The Bertz CT molecular complexity index is 673. The van der Waals surface area contributed by atoms with Crippen molar-refractivity contribution in [1.82, 2.24) is 4.90 Å². The molecule has 2 atom stereocenters. The largest absolute Gasteiger partial charge is 0.477 e. The number of benzene rings is 1. The normalized spacial score (nSPS) is 22.8. The highest BCUT2D eigenvalue weighted by molar-refractivity contribution is 5.79. The van der Waals surface area contributed by atoms with Gasteiger partial charge in [0.15, 0.2) is 12.4 Å². The van der Waals surface area contributed by atoms with Gasteiger partial charge in [-0.1, -0.05) is 12.8 Å². The summed E-state index contributed by atoms with van der Waals surface area (Å²) in [5, 5.41) is 11.1. The lowest BCUT2D eigenvalue weighted by molar-refractivity contribution is -0.385. The van der Waals surface area contributed by atoms with Crippen molar-refractivity contribution in [2.45, 2.75) is 44.6 Å². The molecule has 1 saturated carbocycles. The Labute approximate surface area is 146 Å². The number of likely N-dealkylation sites (tertiary alicyclic amines) is 1. The Morgan fingerprint density at radius 2 is 2.04 bits per heavy atom. The van der Waals surface area contributed by atoms with Crippen molar-refractivity contribution in [3.63, 3.8) is 0 Å². The first-order valence-corrected chi connectivity index (χ1v) is 8.76. The number of hydrogen-bond acceptors (Lipinski definition) is 5. The molecule has 3 rings (SSSR count). The zero-order valence-electron chi connectivity index (χ0n) is 14.1. The van der Waals surface area contributed by atoms with Gasteiger partial charge in [0.2, 0.25) is 0 Å². The number of aldehydes is 1. The van der Waals surface area contributed by atoms with E-state index < -0.39 is 4.92 Å². The van der Waals surface area contributed by atoms with Crippen molar-refractivity contribution in [2.24, 2.45) is 5.92 Å². The number of carbonyl (C=O) groups excluding carboxylic acids is 2. The third-order valence-electron chi connectivity index (χ3n) is 5.23. The summed E-state index contributed by atoms with van der Waals surface area (Å²) >= 11 is 0. The van der Waals surface area contributed by atoms with Crippen LogP contribution in [0.1, 0.15) is 48.9 Å². The minimum Gasteiger partial charge on any atom is -0.477 e. The van der Waals surface area contributed by atoms with Crippen LogP contribution in [0.25, 0.3) is 0 Å². The van der Waals surface area contributed by atoms with Crippen molar-refractivity contribution >= 4 is 17.9 Å². The fourth-order valence-corrected chi connectivity index (χ4v) is 4.03. The third kappa shape index (κ3) is 3.81. The average Bonchev–Trinajstić information content (AvgIpc) is 2.65. The quantitative estimate of drug-likeness (QED) is 0.464. The Morgan fingerprint density at radius 3 is 2.80 bits per heavy atom. The monoisotopic (exact) mass is 346 g/mol. The van der Waals surface area contributed by atoms with Gasteiger partial charge >= 0.3 is 5.69 Å². The lowest BCUT2D eigenvalue weighted by Gasteiger charge is -2.44. The molecule has 1 amide bonds.